The van der Waals surface area contributed by atoms with E-state index in [0.29, 0.717) is 0 Å². The van der Waals surface area contributed by atoms with Crippen molar-refractivity contribution in [2.24, 2.45) is 11.3 Å². The van der Waals surface area contributed by atoms with Crippen LogP contribution in [-0.2, 0) is 14.3 Å². The predicted molar refractivity (Wildman–Crippen MR) is 62.6 cm³/mol. The maximum Gasteiger partial charge on any atom is 0.305 e. The van der Waals surface area contributed by atoms with Crippen LogP contribution in [0.1, 0.15) is 33.6 Å². The van der Waals surface area contributed by atoms with Gasteiger partial charge in [0.05, 0.1) is 18.6 Å². The third-order valence-corrected chi connectivity index (χ3v) is 3.26. The van der Waals surface area contributed by atoms with Gasteiger partial charge in [-0.25, -0.2) is 0 Å². The number of amides is 1. The van der Waals surface area contributed by atoms with Gasteiger partial charge in [-0.3, -0.25) is 9.59 Å². The lowest BCUT2D eigenvalue weighted by molar-refractivity contribution is -0.139. The first-order chi connectivity index (χ1) is 7.70. The Bertz CT molecular complexity index is 326. The van der Waals surface area contributed by atoms with E-state index in [1.807, 2.05) is 13.8 Å². The van der Waals surface area contributed by atoms with Crippen LogP contribution in [0, 0.1) is 11.3 Å². The third-order valence-electron chi connectivity index (χ3n) is 3.26. The van der Waals surface area contributed by atoms with E-state index < -0.39 is 11.5 Å². The number of carboxylic acids is 1. The second-order valence-corrected chi connectivity index (χ2v) is 5.80. The minimum Gasteiger partial charge on any atom is -0.481 e. The van der Waals surface area contributed by atoms with Crippen molar-refractivity contribution >= 4 is 11.9 Å². The van der Waals surface area contributed by atoms with Crippen molar-refractivity contribution in [3.05, 3.63) is 0 Å². The SMILES string of the molecule is COCC(C)(CC(=O)O)NC(=O)[C@H]1CC1(C)C. The average molecular weight is 243 g/mol. The fourth-order valence-electron chi connectivity index (χ4n) is 2.08. The summed E-state index contributed by atoms with van der Waals surface area (Å²) in [4.78, 5) is 22.7. The van der Waals surface area contributed by atoms with E-state index in [1.54, 1.807) is 6.92 Å². The summed E-state index contributed by atoms with van der Waals surface area (Å²) in [5.74, 6) is -1.02. The number of hydrogen-bond donors (Lipinski definition) is 2. The molecule has 1 aliphatic rings. The van der Waals surface area contributed by atoms with Crippen LogP contribution in [0.25, 0.3) is 0 Å². The summed E-state index contributed by atoms with van der Waals surface area (Å²) in [7, 11) is 1.49. The molecule has 1 rings (SSSR count). The van der Waals surface area contributed by atoms with Crippen molar-refractivity contribution in [3.63, 3.8) is 0 Å². The lowest BCUT2D eigenvalue weighted by Gasteiger charge is -2.28. The zero-order valence-corrected chi connectivity index (χ0v) is 10.9. The van der Waals surface area contributed by atoms with Crippen LogP contribution >= 0.6 is 0 Å². The summed E-state index contributed by atoms with van der Waals surface area (Å²) in [5, 5.41) is 11.6. The molecule has 1 amide bonds. The minimum atomic E-state index is -0.945. The summed E-state index contributed by atoms with van der Waals surface area (Å²) >= 11 is 0. The van der Waals surface area contributed by atoms with E-state index in [0.717, 1.165) is 6.42 Å². The summed E-state index contributed by atoms with van der Waals surface area (Å²) in [6.45, 7) is 5.94. The van der Waals surface area contributed by atoms with Crippen molar-refractivity contribution in [2.75, 3.05) is 13.7 Å². The highest BCUT2D eigenvalue weighted by Gasteiger charge is 2.51. The first-order valence-corrected chi connectivity index (χ1v) is 5.73. The molecular weight excluding hydrogens is 222 g/mol. The first kappa shape index (κ1) is 14.0. The molecule has 0 bridgehead atoms. The second kappa shape index (κ2) is 4.64. The molecule has 0 radical (unpaired) electrons. The highest BCUT2D eigenvalue weighted by atomic mass is 16.5. The summed E-state index contributed by atoms with van der Waals surface area (Å²) in [5.41, 5.74) is -0.794. The summed E-state index contributed by atoms with van der Waals surface area (Å²) in [6.07, 6.45) is 0.717. The number of methoxy groups -OCH3 is 1. The minimum absolute atomic E-state index is 0.00697. The number of aliphatic carboxylic acids is 1. The van der Waals surface area contributed by atoms with Crippen molar-refractivity contribution in [2.45, 2.75) is 39.2 Å². The Morgan fingerprint density at radius 2 is 2.06 bits per heavy atom. The summed E-state index contributed by atoms with van der Waals surface area (Å²) in [6, 6.07) is 0. The normalized spacial score (nSPS) is 24.8. The molecule has 98 valence electrons. The first-order valence-electron chi connectivity index (χ1n) is 5.73. The van der Waals surface area contributed by atoms with Crippen LogP contribution in [0.3, 0.4) is 0 Å². The molecule has 2 atom stereocenters. The Labute approximate surface area is 102 Å². The van der Waals surface area contributed by atoms with Crippen molar-refractivity contribution in [3.8, 4) is 0 Å². The Morgan fingerprint density at radius 3 is 2.41 bits per heavy atom. The molecule has 0 aromatic carbocycles. The monoisotopic (exact) mass is 243 g/mol. The average Bonchev–Trinajstić information content (AvgIpc) is 2.73. The Morgan fingerprint density at radius 1 is 1.53 bits per heavy atom. The molecule has 5 heteroatoms. The number of rotatable bonds is 6. The van der Waals surface area contributed by atoms with Gasteiger partial charge in [0.15, 0.2) is 0 Å². The highest BCUT2D eigenvalue weighted by molar-refractivity contribution is 5.83. The lowest BCUT2D eigenvalue weighted by atomic mass is 9.98. The second-order valence-electron chi connectivity index (χ2n) is 5.80. The van der Waals surface area contributed by atoms with Crippen molar-refractivity contribution in [1.82, 2.24) is 5.32 Å². The predicted octanol–water partition coefficient (Wildman–Crippen LogP) is 1.03. The van der Waals surface area contributed by atoms with Gasteiger partial charge in [0.2, 0.25) is 5.91 Å². The molecule has 0 aromatic rings. The largest absolute Gasteiger partial charge is 0.481 e. The number of ether oxygens (including phenoxy) is 1. The number of hydrogen-bond acceptors (Lipinski definition) is 3. The van der Waals surface area contributed by atoms with Gasteiger partial charge in [-0.05, 0) is 18.8 Å². The molecule has 0 saturated heterocycles. The van der Waals surface area contributed by atoms with Crippen LogP contribution < -0.4 is 5.32 Å². The van der Waals surface area contributed by atoms with E-state index in [4.69, 9.17) is 9.84 Å². The van der Waals surface area contributed by atoms with Crippen LogP contribution in [-0.4, -0.2) is 36.2 Å². The molecule has 2 N–H and O–H groups in total. The number of carbonyl (C=O) groups excluding carboxylic acids is 1. The van der Waals surface area contributed by atoms with Gasteiger partial charge in [-0.15, -0.1) is 0 Å². The molecule has 1 unspecified atom stereocenters. The molecule has 0 aliphatic heterocycles. The topological polar surface area (TPSA) is 75.6 Å². The summed E-state index contributed by atoms with van der Waals surface area (Å²) < 4.78 is 4.98. The Balaban J connectivity index is 2.60. The van der Waals surface area contributed by atoms with Gasteiger partial charge >= 0.3 is 5.97 Å². The number of nitrogens with one attached hydrogen (secondary N) is 1. The zero-order chi connectivity index (χ0) is 13.3. The van der Waals surface area contributed by atoms with E-state index in [2.05, 4.69) is 5.32 Å². The van der Waals surface area contributed by atoms with Crippen molar-refractivity contribution < 1.29 is 19.4 Å². The van der Waals surface area contributed by atoms with Gasteiger partial charge in [0.1, 0.15) is 0 Å². The third kappa shape index (κ3) is 3.70. The fourth-order valence-corrected chi connectivity index (χ4v) is 2.08. The van der Waals surface area contributed by atoms with Crippen LogP contribution in [0.15, 0.2) is 0 Å². The van der Waals surface area contributed by atoms with Crippen LogP contribution in [0.2, 0.25) is 0 Å². The van der Waals surface area contributed by atoms with Gasteiger partial charge in [-0.2, -0.15) is 0 Å². The lowest BCUT2D eigenvalue weighted by Crippen LogP contribution is -2.51. The smallest absolute Gasteiger partial charge is 0.305 e. The van der Waals surface area contributed by atoms with Crippen LogP contribution in [0.5, 0.6) is 0 Å². The number of carbonyl (C=O) groups is 2. The van der Waals surface area contributed by atoms with E-state index >= 15 is 0 Å². The zero-order valence-electron chi connectivity index (χ0n) is 10.9. The molecule has 0 spiro atoms. The highest BCUT2D eigenvalue weighted by Crippen LogP contribution is 2.51. The molecule has 5 nitrogen and oxygen atoms in total. The fraction of sp³-hybridized carbons (Fsp3) is 0.833. The molecular formula is C12H21NO4. The van der Waals surface area contributed by atoms with E-state index in [-0.39, 0.29) is 30.3 Å². The molecule has 0 aromatic heterocycles. The Hall–Kier alpha value is -1.10. The van der Waals surface area contributed by atoms with Crippen molar-refractivity contribution in [1.29, 1.82) is 0 Å². The standard InChI is InChI=1S/C12H21NO4/c1-11(2)5-8(11)10(16)13-12(3,7-17-4)6-9(14)15/h8H,5-7H2,1-4H3,(H,13,16)(H,14,15)/t8-,12?/m1/s1. The number of carboxylic acid groups (broad SMARTS) is 1. The maximum absolute atomic E-state index is 11.9. The van der Waals surface area contributed by atoms with Gasteiger partial charge in [-0.1, -0.05) is 13.8 Å². The van der Waals surface area contributed by atoms with Crippen LogP contribution in [0.4, 0.5) is 0 Å². The molecule has 0 heterocycles. The maximum atomic E-state index is 11.9. The molecule has 17 heavy (non-hydrogen) atoms. The van der Waals surface area contributed by atoms with E-state index in [9.17, 15) is 9.59 Å². The molecule has 1 fully saturated rings. The van der Waals surface area contributed by atoms with Gasteiger partial charge in [0.25, 0.3) is 0 Å². The Kier molecular flexibility index (Phi) is 3.81. The van der Waals surface area contributed by atoms with Gasteiger partial charge < -0.3 is 15.2 Å². The molecule has 1 saturated carbocycles. The van der Waals surface area contributed by atoms with Gasteiger partial charge in [0, 0.05) is 13.0 Å². The molecule has 1 aliphatic carbocycles. The van der Waals surface area contributed by atoms with E-state index in [1.165, 1.54) is 7.11 Å². The quantitative estimate of drug-likeness (QED) is 0.730.